The maximum atomic E-state index is 12.6. The molecule has 1 aromatic rings. The van der Waals surface area contributed by atoms with Gasteiger partial charge in [0.15, 0.2) is 0 Å². The number of anilines is 1. The Morgan fingerprint density at radius 1 is 1.19 bits per heavy atom. The highest BCUT2D eigenvalue weighted by atomic mass is 32.2. The van der Waals surface area contributed by atoms with Crippen molar-refractivity contribution in [3.8, 4) is 0 Å². The van der Waals surface area contributed by atoms with Gasteiger partial charge in [-0.05, 0) is 11.6 Å². The molecule has 0 spiro atoms. The number of hydrogen-bond donors (Lipinski definition) is 1. The maximum absolute atomic E-state index is 12.6. The van der Waals surface area contributed by atoms with Gasteiger partial charge in [-0.3, -0.25) is 13.9 Å². The summed E-state index contributed by atoms with van der Waals surface area (Å²) in [5.74, 6) is -0.616. The molecule has 0 bridgehead atoms. The molecule has 2 aliphatic rings. The molecule has 1 atom stereocenters. The highest BCUT2D eigenvalue weighted by molar-refractivity contribution is 7.85. The van der Waals surface area contributed by atoms with Crippen molar-refractivity contribution in [1.82, 2.24) is 4.90 Å². The number of carbonyl (C=O) groups excluding carboxylic acids is 1. The zero-order chi connectivity index (χ0) is 15.0. The van der Waals surface area contributed by atoms with Crippen molar-refractivity contribution in [2.45, 2.75) is 5.92 Å². The number of benzene rings is 1. The van der Waals surface area contributed by atoms with E-state index in [0.29, 0.717) is 35.8 Å². The van der Waals surface area contributed by atoms with Crippen LogP contribution in [-0.4, -0.2) is 57.4 Å². The molecule has 3 rings (SSSR count). The summed E-state index contributed by atoms with van der Waals surface area (Å²) in [6.45, 7) is 1.08. The Kier molecular flexibility index (Phi) is 3.67. The van der Waals surface area contributed by atoms with Gasteiger partial charge in [-0.25, -0.2) is 4.79 Å². The van der Waals surface area contributed by atoms with Crippen LogP contribution in [0.15, 0.2) is 24.3 Å². The van der Waals surface area contributed by atoms with Gasteiger partial charge >= 0.3 is 12.0 Å². The first kappa shape index (κ1) is 14.1. The molecule has 0 aliphatic carbocycles. The standard InChI is InChI=1S/C14H16N2O4S/c17-13(18)11-9-16(12-4-2-1-3-10(11)12)14(19)15-5-7-21(20)8-6-15/h1-4,11H,5-9H2,(H,17,18). The molecule has 1 saturated heterocycles. The van der Waals surface area contributed by atoms with Crippen molar-refractivity contribution in [2.75, 3.05) is 36.0 Å². The van der Waals surface area contributed by atoms with E-state index in [2.05, 4.69) is 0 Å². The minimum absolute atomic E-state index is 0.160. The highest BCUT2D eigenvalue weighted by Crippen LogP contribution is 2.36. The Morgan fingerprint density at radius 2 is 1.86 bits per heavy atom. The van der Waals surface area contributed by atoms with Crippen LogP contribution >= 0.6 is 0 Å². The van der Waals surface area contributed by atoms with Crippen molar-refractivity contribution >= 4 is 28.5 Å². The molecule has 0 aromatic heterocycles. The number of carboxylic acid groups (broad SMARTS) is 1. The van der Waals surface area contributed by atoms with Gasteiger partial charge in [0.2, 0.25) is 0 Å². The van der Waals surface area contributed by atoms with E-state index in [1.54, 1.807) is 29.2 Å². The van der Waals surface area contributed by atoms with Crippen molar-refractivity contribution in [1.29, 1.82) is 0 Å². The third-order valence-corrected chi connectivity index (χ3v) is 5.22. The smallest absolute Gasteiger partial charge is 0.324 e. The lowest BCUT2D eigenvalue weighted by molar-refractivity contribution is -0.138. The average molecular weight is 308 g/mol. The summed E-state index contributed by atoms with van der Waals surface area (Å²) < 4.78 is 11.4. The maximum Gasteiger partial charge on any atom is 0.324 e. The first-order chi connectivity index (χ1) is 10.1. The molecule has 1 N–H and O–H groups in total. The van der Waals surface area contributed by atoms with Gasteiger partial charge < -0.3 is 10.0 Å². The number of carbonyl (C=O) groups is 2. The van der Waals surface area contributed by atoms with Gasteiger partial charge in [0.1, 0.15) is 5.92 Å². The van der Waals surface area contributed by atoms with E-state index >= 15 is 0 Å². The van der Waals surface area contributed by atoms with E-state index in [1.165, 1.54) is 4.90 Å². The number of hydrogen-bond acceptors (Lipinski definition) is 3. The van der Waals surface area contributed by atoms with Crippen LogP contribution in [0.2, 0.25) is 0 Å². The lowest BCUT2D eigenvalue weighted by Gasteiger charge is -2.31. The van der Waals surface area contributed by atoms with E-state index in [4.69, 9.17) is 0 Å². The average Bonchev–Trinajstić information content (AvgIpc) is 2.87. The molecule has 2 heterocycles. The Morgan fingerprint density at radius 3 is 2.52 bits per heavy atom. The molecule has 0 saturated carbocycles. The van der Waals surface area contributed by atoms with E-state index in [9.17, 15) is 18.9 Å². The molecular formula is C14H16N2O4S. The van der Waals surface area contributed by atoms with Gasteiger partial charge in [0.25, 0.3) is 0 Å². The summed E-state index contributed by atoms with van der Waals surface area (Å²) >= 11 is 0. The number of urea groups is 1. The molecule has 112 valence electrons. The van der Waals surface area contributed by atoms with E-state index in [1.807, 2.05) is 0 Å². The van der Waals surface area contributed by atoms with Gasteiger partial charge in [0, 0.05) is 47.6 Å². The molecule has 0 radical (unpaired) electrons. The monoisotopic (exact) mass is 308 g/mol. The predicted octanol–water partition coefficient (Wildman–Crippen LogP) is 0.859. The van der Waals surface area contributed by atoms with Gasteiger partial charge in [-0.2, -0.15) is 0 Å². The Balaban J connectivity index is 1.85. The second kappa shape index (κ2) is 5.48. The molecule has 21 heavy (non-hydrogen) atoms. The van der Waals surface area contributed by atoms with Crippen LogP contribution in [0.4, 0.5) is 10.5 Å². The summed E-state index contributed by atoms with van der Waals surface area (Å²) in [6, 6.07) is 6.93. The van der Waals surface area contributed by atoms with Crippen LogP contribution in [-0.2, 0) is 15.6 Å². The quantitative estimate of drug-likeness (QED) is 0.834. The number of carboxylic acids is 1. The Hall–Kier alpha value is -1.89. The van der Waals surface area contributed by atoms with E-state index < -0.39 is 22.7 Å². The first-order valence-electron chi connectivity index (χ1n) is 6.81. The molecular weight excluding hydrogens is 292 g/mol. The minimum Gasteiger partial charge on any atom is -0.481 e. The summed E-state index contributed by atoms with van der Waals surface area (Å²) in [5.41, 5.74) is 1.35. The van der Waals surface area contributed by atoms with Crippen LogP contribution in [0, 0.1) is 0 Å². The van der Waals surface area contributed by atoms with Crippen LogP contribution < -0.4 is 4.90 Å². The van der Waals surface area contributed by atoms with Crippen molar-refractivity contribution in [3.05, 3.63) is 29.8 Å². The Labute approximate surface area is 124 Å². The van der Waals surface area contributed by atoms with Crippen molar-refractivity contribution in [3.63, 3.8) is 0 Å². The Bertz CT molecular complexity index is 609. The summed E-state index contributed by atoms with van der Waals surface area (Å²) in [4.78, 5) is 27.1. The lowest BCUT2D eigenvalue weighted by Crippen LogP contribution is -2.48. The van der Waals surface area contributed by atoms with Crippen LogP contribution in [0.1, 0.15) is 11.5 Å². The number of rotatable bonds is 1. The number of amides is 2. The topological polar surface area (TPSA) is 77.9 Å². The summed E-state index contributed by atoms with van der Waals surface area (Å²) in [5, 5.41) is 9.31. The minimum atomic E-state index is -0.919. The molecule has 2 amide bonds. The van der Waals surface area contributed by atoms with Gasteiger partial charge in [-0.15, -0.1) is 0 Å². The zero-order valence-corrected chi connectivity index (χ0v) is 12.2. The van der Waals surface area contributed by atoms with Crippen LogP contribution in [0.25, 0.3) is 0 Å². The van der Waals surface area contributed by atoms with Crippen molar-refractivity contribution in [2.24, 2.45) is 0 Å². The van der Waals surface area contributed by atoms with Gasteiger partial charge in [0.05, 0.1) is 0 Å². The SMILES string of the molecule is O=C(O)C1CN(C(=O)N2CCS(=O)CC2)c2ccccc21. The number of para-hydroxylation sites is 1. The van der Waals surface area contributed by atoms with Crippen LogP contribution in [0.3, 0.4) is 0 Å². The fraction of sp³-hybridized carbons (Fsp3) is 0.429. The molecule has 7 heteroatoms. The number of fused-ring (bicyclic) bond motifs is 1. The fourth-order valence-corrected chi connectivity index (χ4v) is 3.85. The van der Waals surface area contributed by atoms with E-state index in [0.717, 1.165) is 0 Å². The highest BCUT2D eigenvalue weighted by Gasteiger charge is 2.38. The fourth-order valence-electron chi connectivity index (χ4n) is 2.80. The van der Waals surface area contributed by atoms with Gasteiger partial charge in [-0.1, -0.05) is 18.2 Å². The second-order valence-corrected chi connectivity index (χ2v) is 6.87. The molecule has 1 aromatic carbocycles. The van der Waals surface area contributed by atoms with Crippen molar-refractivity contribution < 1.29 is 18.9 Å². The second-order valence-electron chi connectivity index (χ2n) is 5.18. The third kappa shape index (κ3) is 2.53. The molecule has 1 fully saturated rings. The summed E-state index contributed by atoms with van der Waals surface area (Å²) in [7, 11) is -0.845. The molecule has 6 nitrogen and oxygen atoms in total. The number of aliphatic carboxylic acids is 1. The summed E-state index contributed by atoms with van der Waals surface area (Å²) in [6.07, 6.45) is 0. The third-order valence-electron chi connectivity index (χ3n) is 3.95. The van der Waals surface area contributed by atoms with E-state index in [-0.39, 0.29) is 12.6 Å². The van der Waals surface area contributed by atoms with Crippen LogP contribution in [0.5, 0.6) is 0 Å². The predicted molar refractivity (Wildman–Crippen MR) is 79.0 cm³/mol. The zero-order valence-electron chi connectivity index (χ0n) is 11.4. The largest absolute Gasteiger partial charge is 0.481 e. The lowest BCUT2D eigenvalue weighted by atomic mass is 10.0. The molecule has 2 aliphatic heterocycles. The first-order valence-corrected chi connectivity index (χ1v) is 8.30. The molecule has 1 unspecified atom stereocenters. The normalized spacial score (nSPS) is 22.2. The number of nitrogens with zero attached hydrogens (tertiary/aromatic N) is 2.